The Kier molecular flexibility index (Phi) is 5.28. The lowest BCUT2D eigenvalue weighted by Crippen LogP contribution is -2.44. The Morgan fingerprint density at radius 1 is 1.34 bits per heavy atom. The third kappa shape index (κ3) is 3.73. The highest BCUT2D eigenvalue weighted by Gasteiger charge is 2.54. The second kappa shape index (κ2) is 7.47. The molecule has 3 aliphatic heterocycles. The van der Waals surface area contributed by atoms with Gasteiger partial charge in [0.2, 0.25) is 5.79 Å². The molecule has 3 unspecified atom stereocenters. The number of benzene rings is 1. The normalized spacial score (nSPS) is 29.4. The molecule has 3 heterocycles. The Bertz CT molecular complexity index is 801. The van der Waals surface area contributed by atoms with E-state index in [1.165, 1.54) is 20.0 Å². The number of rotatable bonds is 5. The number of ether oxygens (including phenoxy) is 4. The van der Waals surface area contributed by atoms with Crippen molar-refractivity contribution in [3.63, 3.8) is 0 Å². The van der Waals surface area contributed by atoms with Crippen molar-refractivity contribution in [3.8, 4) is 11.5 Å². The molecule has 1 saturated heterocycles. The molecule has 0 aromatic heterocycles. The number of carbonyl (C=O) groups excluding carboxylic acids is 1. The van der Waals surface area contributed by atoms with E-state index in [9.17, 15) is 9.90 Å². The van der Waals surface area contributed by atoms with Gasteiger partial charge in [-0.25, -0.2) is 4.79 Å². The van der Waals surface area contributed by atoms with Gasteiger partial charge in [-0.15, -0.1) is 0 Å². The van der Waals surface area contributed by atoms with Crippen molar-refractivity contribution in [2.75, 3.05) is 13.7 Å². The summed E-state index contributed by atoms with van der Waals surface area (Å²) in [5, 5.41) is 10.7. The van der Waals surface area contributed by atoms with Gasteiger partial charge in [-0.2, -0.15) is 0 Å². The maximum atomic E-state index is 12.5. The number of aromatic hydroxyl groups is 1. The molecule has 6 nitrogen and oxygen atoms in total. The fraction of sp³-hybridized carbons (Fsp3) is 0.696. The molecule has 1 aromatic rings. The molecule has 0 amide bonds. The van der Waals surface area contributed by atoms with E-state index in [-0.39, 0.29) is 28.9 Å². The average Bonchev–Trinajstić information content (AvgIpc) is 2.94. The number of hydrogen-bond donors (Lipinski definition) is 1. The second-order valence-electron chi connectivity index (χ2n) is 9.46. The number of unbranched alkanes of at least 4 members (excludes halogenated alkanes) is 2. The molecule has 0 saturated carbocycles. The Hall–Kier alpha value is -1.79. The van der Waals surface area contributed by atoms with Crippen LogP contribution in [0, 0.1) is 5.41 Å². The van der Waals surface area contributed by atoms with Gasteiger partial charge in [-0.3, -0.25) is 0 Å². The zero-order valence-electron chi connectivity index (χ0n) is 17.9. The zero-order chi connectivity index (χ0) is 20.8. The Morgan fingerprint density at radius 3 is 2.79 bits per heavy atom. The number of phenolic OH excluding ortho intramolecular Hbond substituents is 1. The summed E-state index contributed by atoms with van der Waals surface area (Å²) < 4.78 is 24.0. The topological polar surface area (TPSA) is 74.2 Å². The molecule has 0 radical (unpaired) electrons. The molecule has 4 rings (SSSR count). The van der Waals surface area contributed by atoms with Gasteiger partial charge < -0.3 is 24.1 Å². The van der Waals surface area contributed by atoms with Crippen LogP contribution in [0.1, 0.15) is 86.9 Å². The fourth-order valence-electron chi connectivity index (χ4n) is 5.04. The predicted molar refractivity (Wildman–Crippen MR) is 107 cm³/mol. The maximum absolute atomic E-state index is 12.5. The number of hydrogen-bond acceptors (Lipinski definition) is 6. The lowest BCUT2D eigenvalue weighted by atomic mass is 9.81. The average molecular weight is 405 g/mol. The van der Waals surface area contributed by atoms with Crippen molar-refractivity contribution in [2.45, 2.75) is 83.7 Å². The molecule has 6 heteroatoms. The van der Waals surface area contributed by atoms with E-state index in [4.69, 9.17) is 18.9 Å². The SMILES string of the molecule is CCCCCC1Cc2cc(O)c(C(=O)OC)c3c2C(CC2(CC(C)(C)CO2)O3)O1. The first-order chi connectivity index (χ1) is 13.8. The summed E-state index contributed by atoms with van der Waals surface area (Å²) in [6.07, 6.45) is 6.33. The molecule has 1 spiro atoms. The Balaban J connectivity index is 1.76. The lowest BCUT2D eigenvalue weighted by Gasteiger charge is -2.44. The molecule has 29 heavy (non-hydrogen) atoms. The summed E-state index contributed by atoms with van der Waals surface area (Å²) in [4.78, 5) is 12.5. The Labute approximate surface area is 172 Å². The number of esters is 1. The van der Waals surface area contributed by atoms with Gasteiger partial charge >= 0.3 is 5.97 Å². The molecule has 1 aromatic carbocycles. The quantitative estimate of drug-likeness (QED) is 0.568. The lowest BCUT2D eigenvalue weighted by molar-refractivity contribution is -0.197. The third-order valence-corrected chi connectivity index (χ3v) is 6.29. The summed E-state index contributed by atoms with van der Waals surface area (Å²) in [7, 11) is 1.31. The minimum atomic E-state index is -0.847. The van der Waals surface area contributed by atoms with Crippen molar-refractivity contribution in [3.05, 3.63) is 22.8 Å². The van der Waals surface area contributed by atoms with E-state index >= 15 is 0 Å². The largest absolute Gasteiger partial charge is 0.507 e. The molecule has 1 fully saturated rings. The molecule has 160 valence electrons. The van der Waals surface area contributed by atoms with E-state index in [0.29, 0.717) is 31.6 Å². The first-order valence-electron chi connectivity index (χ1n) is 10.7. The Morgan fingerprint density at radius 2 is 2.14 bits per heavy atom. The summed E-state index contributed by atoms with van der Waals surface area (Å²) >= 11 is 0. The standard InChI is InChI=1S/C23H32O6/c1-5-6-7-8-15-9-14-10-16(24)19(21(25)26-4)20-18(14)17(28-15)11-23(29-20)12-22(2,3)13-27-23/h10,15,17,24H,5-9,11-13H2,1-4H3. The highest BCUT2D eigenvalue weighted by molar-refractivity contribution is 5.96. The van der Waals surface area contributed by atoms with Crippen LogP contribution < -0.4 is 4.74 Å². The fourth-order valence-corrected chi connectivity index (χ4v) is 5.04. The van der Waals surface area contributed by atoms with Gasteiger partial charge in [0.25, 0.3) is 0 Å². The van der Waals surface area contributed by atoms with Crippen LogP contribution in [0.2, 0.25) is 0 Å². The molecule has 3 aliphatic rings. The van der Waals surface area contributed by atoms with Crippen LogP contribution in [0.25, 0.3) is 0 Å². The van der Waals surface area contributed by atoms with Crippen molar-refractivity contribution in [1.29, 1.82) is 0 Å². The maximum Gasteiger partial charge on any atom is 0.345 e. The van der Waals surface area contributed by atoms with Gasteiger partial charge in [0.15, 0.2) is 0 Å². The van der Waals surface area contributed by atoms with Crippen LogP contribution in [0.15, 0.2) is 6.07 Å². The van der Waals surface area contributed by atoms with Crippen LogP contribution in [-0.4, -0.2) is 36.7 Å². The monoisotopic (exact) mass is 404 g/mol. The minimum Gasteiger partial charge on any atom is -0.507 e. The molecule has 1 N–H and O–H groups in total. The van der Waals surface area contributed by atoms with Crippen LogP contribution in [0.5, 0.6) is 11.5 Å². The molecule has 0 aliphatic carbocycles. The minimum absolute atomic E-state index is 0.0300. The molecule has 0 bridgehead atoms. The zero-order valence-corrected chi connectivity index (χ0v) is 17.9. The molecule has 3 atom stereocenters. The summed E-state index contributed by atoms with van der Waals surface area (Å²) in [5.41, 5.74) is 1.90. The van der Waals surface area contributed by atoms with Crippen LogP contribution in [-0.2, 0) is 20.6 Å². The highest BCUT2D eigenvalue weighted by Crippen LogP contribution is 2.55. The van der Waals surface area contributed by atoms with Gasteiger partial charge in [0.05, 0.1) is 25.9 Å². The van der Waals surface area contributed by atoms with Crippen molar-refractivity contribution < 1.29 is 28.8 Å². The molecular weight excluding hydrogens is 372 g/mol. The highest BCUT2D eigenvalue weighted by atomic mass is 16.7. The second-order valence-corrected chi connectivity index (χ2v) is 9.46. The first kappa shape index (κ1) is 20.5. The number of phenols is 1. The van der Waals surface area contributed by atoms with Crippen molar-refractivity contribution in [1.82, 2.24) is 0 Å². The molecular formula is C23H32O6. The summed E-state index contributed by atoms with van der Waals surface area (Å²) in [6.45, 7) is 7.06. The van der Waals surface area contributed by atoms with E-state index in [1.54, 1.807) is 6.07 Å². The number of carbonyl (C=O) groups is 1. The smallest absolute Gasteiger partial charge is 0.345 e. The van der Waals surface area contributed by atoms with E-state index in [1.807, 2.05) is 0 Å². The van der Waals surface area contributed by atoms with E-state index < -0.39 is 11.8 Å². The van der Waals surface area contributed by atoms with Crippen LogP contribution in [0.4, 0.5) is 0 Å². The van der Waals surface area contributed by atoms with E-state index in [2.05, 4.69) is 20.8 Å². The van der Waals surface area contributed by atoms with Gasteiger partial charge in [0, 0.05) is 18.4 Å². The predicted octanol–water partition coefficient (Wildman–Crippen LogP) is 4.67. The van der Waals surface area contributed by atoms with Crippen LogP contribution in [0.3, 0.4) is 0 Å². The van der Waals surface area contributed by atoms with Gasteiger partial charge in [-0.05, 0) is 29.9 Å². The van der Waals surface area contributed by atoms with Gasteiger partial charge in [0.1, 0.15) is 17.1 Å². The number of methoxy groups -OCH3 is 1. The third-order valence-electron chi connectivity index (χ3n) is 6.29. The van der Waals surface area contributed by atoms with Gasteiger partial charge in [-0.1, -0.05) is 40.0 Å². The van der Waals surface area contributed by atoms with E-state index in [0.717, 1.165) is 24.0 Å². The van der Waals surface area contributed by atoms with Crippen LogP contribution >= 0.6 is 0 Å². The first-order valence-corrected chi connectivity index (χ1v) is 10.7. The van der Waals surface area contributed by atoms with Crippen molar-refractivity contribution in [2.24, 2.45) is 5.41 Å². The van der Waals surface area contributed by atoms with Crippen molar-refractivity contribution >= 4 is 5.97 Å². The summed E-state index contributed by atoms with van der Waals surface area (Å²) in [6, 6.07) is 1.69. The summed E-state index contributed by atoms with van der Waals surface area (Å²) in [5.74, 6) is -1.19.